The molecule has 11 nitrogen and oxygen atoms in total. The second kappa shape index (κ2) is 25.3. The molecule has 0 spiro atoms. The number of nitrogens with two attached hydrogens (primary N) is 4. The van der Waals surface area contributed by atoms with E-state index in [0.29, 0.717) is 19.6 Å². The van der Waals surface area contributed by atoms with Gasteiger partial charge in [0.1, 0.15) is 6.61 Å². The molecule has 0 radical (unpaired) electrons. The second-order valence-electron chi connectivity index (χ2n) is 7.35. The van der Waals surface area contributed by atoms with Crippen LogP contribution < -0.4 is 33.6 Å². The predicted molar refractivity (Wildman–Crippen MR) is 128 cm³/mol. The molecule has 0 aromatic carbocycles. The second-order valence-corrected chi connectivity index (χ2v) is 7.35. The molecule has 0 saturated carbocycles. The minimum Gasteiger partial charge on any atom is -0.448 e. The van der Waals surface area contributed by atoms with Crippen molar-refractivity contribution in [1.29, 1.82) is 0 Å². The predicted octanol–water partition coefficient (Wildman–Crippen LogP) is -0.381. The number of nitrogens with one attached hydrogen (secondary N) is 2. The van der Waals surface area contributed by atoms with Gasteiger partial charge >= 0.3 is 6.09 Å². The fraction of sp³-hybridized carbons (Fsp3) is 0.857. The van der Waals surface area contributed by atoms with Gasteiger partial charge in [-0.15, -0.1) is 0 Å². The third kappa shape index (κ3) is 24.3. The standard InChI is InChI=1S/C17H36N6O4.C4H11N/c18-7-3-1-5-9-21-13-16(25)23(11-6-2-4-8-19)14-15(24)22-10-12-27-17(20)26;1-2-3-4-5/h21H,1-14,18-19H2,(H2,20,26)(H,22,24);2-5H2,1H3. The molecular formula is C21H47N7O4. The zero-order chi connectivity index (χ0) is 24.5. The Kier molecular flexibility index (Phi) is 25.5. The summed E-state index contributed by atoms with van der Waals surface area (Å²) in [6.07, 6.45) is 7.03. The summed E-state index contributed by atoms with van der Waals surface area (Å²) >= 11 is 0. The van der Waals surface area contributed by atoms with E-state index >= 15 is 0 Å². The average Bonchev–Trinajstić information content (AvgIpc) is 2.76. The van der Waals surface area contributed by atoms with Gasteiger partial charge in [-0.05, 0) is 58.3 Å². The van der Waals surface area contributed by atoms with Crippen LogP contribution in [-0.4, -0.2) is 81.8 Å². The summed E-state index contributed by atoms with van der Waals surface area (Å²) in [5.74, 6) is -0.427. The first-order chi connectivity index (χ1) is 15.4. The number of primary amides is 1. The number of hydrogen-bond donors (Lipinski definition) is 6. The minimum absolute atomic E-state index is 0.00409. The molecule has 0 heterocycles. The maximum atomic E-state index is 12.4. The van der Waals surface area contributed by atoms with Crippen molar-refractivity contribution in [3.05, 3.63) is 0 Å². The van der Waals surface area contributed by atoms with Gasteiger partial charge in [-0.25, -0.2) is 4.79 Å². The third-order valence-electron chi connectivity index (χ3n) is 4.38. The number of nitrogens with zero attached hydrogens (tertiary/aromatic N) is 1. The zero-order valence-corrected chi connectivity index (χ0v) is 19.9. The molecule has 32 heavy (non-hydrogen) atoms. The average molecular weight is 462 g/mol. The summed E-state index contributed by atoms with van der Waals surface area (Å²) in [6.45, 7) is 5.80. The molecule has 190 valence electrons. The molecule has 3 amide bonds. The summed E-state index contributed by atoms with van der Waals surface area (Å²) in [5, 5.41) is 5.71. The highest BCUT2D eigenvalue weighted by Crippen LogP contribution is 1.99. The Hall–Kier alpha value is -1.95. The Bertz CT molecular complexity index is 465. The van der Waals surface area contributed by atoms with Crippen LogP contribution in [0.15, 0.2) is 0 Å². The van der Waals surface area contributed by atoms with E-state index in [-0.39, 0.29) is 38.1 Å². The fourth-order valence-corrected chi connectivity index (χ4v) is 2.57. The van der Waals surface area contributed by atoms with Gasteiger partial charge in [0, 0.05) is 6.54 Å². The lowest BCUT2D eigenvalue weighted by atomic mass is 10.2. The summed E-state index contributed by atoms with van der Waals surface area (Å²) in [5.41, 5.74) is 20.9. The van der Waals surface area contributed by atoms with Gasteiger partial charge in [0.25, 0.3) is 0 Å². The summed E-state index contributed by atoms with van der Waals surface area (Å²) in [4.78, 5) is 36.4. The first-order valence-corrected chi connectivity index (χ1v) is 11.7. The third-order valence-corrected chi connectivity index (χ3v) is 4.38. The Morgan fingerprint density at radius 2 is 1.47 bits per heavy atom. The van der Waals surface area contributed by atoms with Crippen LogP contribution in [0, 0.1) is 0 Å². The van der Waals surface area contributed by atoms with E-state index in [9.17, 15) is 14.4 Å². The van der Waals surface area contributed by atoms with Crippen LogP contribution in [0.25, 0.3) is 0 Å². The van der Waals surface area contributed by atoms with Crippen LogP contribution in [-0.2, 0) is 14.3 Å². The molecular weight excluding hydrogens is 414 g/mol. The molecule has 0 unspecified atom stereocenters. The summed E-state index contributed by atoms with van der Waals surface area (Å²) in [6, 6.07) is 0. The van der Waals surface area contributed by atoms with Gasteiger partial charge in [0.2, 0.25) is 11.8 Å². The van der Waals surface area contributed by atoms with E-state index in [1.165, 1.54) is 17.7 Å². The van der Waals surface area contributed by atoms with Crippen molar-refractivity contribution in [2.45, 2.75) is 58.3 Å². The first-order valence-electron chi connectivity index (χ1n) is 11.7. The minimum atomic E-state index is -0.890. The molecule has 10 N–H and O–H groups in total. The van der Waals surface area contributed by atoms with E-state index in [2.05, 4.69) is 22.3 Å². The molecule has 0 fully saturated rings. The lowest BCUT2D eigenvalue weighted by molar-refractivity contribution is -0.135. The maximum Gasteiger partial charge on any atom is 0.404 e. The molecule has 0 aliphatic rings. The highest BCUT2D eigenvalue weighted by molar-refractivity contribution is 5.85. The van der Waals surface area contributed by atoms with E-state index in [1.807, 2.05) is 0 Å². The smallest absolute Gasteiger partial charge is 0.404 e. The van der Waals surface area contributed by atoms with Gasteiger partial charge in [-0.3, -0.25) is 9.59 Å². The molecule has 0 aromatic heterocycles. The normalized spacial score (nSPS) is 10.1. The van der Waals surface area contributed by atoms with Crippen LogP contribution in [0.3, 0.4) is 0 Å². The van der Waals surface area contributed by atoms with Crippen LogP contribution in [0.1, 0.15) is 58.3 Å². The van der Waals surface area contributed by atoms with Crippen LogP contribution in [0.4, 0.5) is 4.79 Å². The van der Waals surface area contributed by atoms with Gasteiger partial charge in [0.05, 0.1) is 19.6 Å². The number of amides is 3. The Morgan fingerprint density at radius 1 is 0.844 bits per heavy atom. The molecule has 0 bridgehead atoms. The quantitative estimate of drug-likeness (QED) is 0.140. The number of unbranched alkanes of at least 4 members (excludes halogenated alkanes) is 5. The molecule has 0 rings (SSSR count). The van der Waals surface area contributed by atoms with Crippen molar-refractivity contribution in [3.8, 4) is 0 Å². The van der Waals surface area contributed by atoms with Crippen molar-refractivity contribution in [2.24, 2.45) is 22.9 Å². The van der Waals surface area contributed by atoms with Crippen LogP contribution >= 0.6 is 0 Å². The fourth-order valence-electron chi connectivity index (χ4n) is 2.57. The molecule has 0 aliphatic carbocycles. The number of ether oxygens (including phenoxy) is 1. The number of carbonyl (C=O) groups is 3. The molecule has 0 aliphatic heterocycles. The molecule has 0 atom stereocenters. The first kappa shape index (κ1) is 32.2. The van der Waals surface area contributed by atoms with Gasteiger partial charge in [0.15, 0.2) is 0 Å². The maximum absolute atomic E-state index is 12.4. The van der Waals surface area contributed by atoms with Crippen molar-refractivity contribution in [2.75, 3.05) is 59.0 Å². The highest BCUT2D eigenvalue weighted by atomic mass is 16.5. The van der Waals surface area contributed by atoms with Crippen molar-refractivity contribution in [3.63, 3.8) is 0 Å². The SMILES string of the molecule is CCCCN.NCCCCCNCC(=O)N(CCCCCN)CC(=O)NCCOC(N)=O. The van der Waals surface area contributed by atoms with Gasteiger partial charge in [-0.2, -0.15) is 0 Å². The Morgan fingerprint density at radius 3 is 2.00 bits per heavy atom. The van der Waals surface area contributed by atoms with Gasteiger partial charge < -0.3 is 43.2 Å². The van der Waals surface area contributed by atoms with Gasteiger partial charge in [-0.1, -0.05) is 26.2 Å². The topological polar surface area (TPSA) is 192 Å². The van der Waals surface area contributed by atoms with Crippen molar-refractivity contribution < 1.29 is 19.1 Å². The number of rotatable bonds is 19. The zero-order valence-electron chi connectivity index (χ0n) is 19.9. The highest BCUT2D eigenvalue weighted by Gasteiger charge is 2.16. The van der Waals surface area contributed by atoms with E-state index in [0.717, 1.165) is 51.6 Å². The van der Waals surface area contributed by atoms with E-state index in [4.69, 9.17) is 22.9 Å². The lowest BCUT2D eigenvalue weighted by Crippen LogP contribution is -2.45. The van der Waals surface area contributed by atoms with E-state index < -0.39 is 6.09 Å². The van der Waals surface area contributed by atoms with E-state index in [1.54, 1.807) is 0 Å². The van der Waals surface area contributed by atoms with Crippen molar-refractivity contribution >= 4 is 17.9 Å². The molecule has 11 heteroatoms. The van der Waals surface area contributed by atoms with Crippen molar-refractivity contribution in [1.82, 2.24) is 15.5 Å². The van der Waals surface area contributed by atoms with Crippen LogP contribution in [0.5, 0.6) is 0 Å². The summed E-state index contributed by atoms with van der Waals surface area (Å²) in [7, 11) is 0. The molecule has 0 aromatic rings. The number of hydrogen-bond acceptors (Lipinski definition) is 8. The van der Waals surface area contributed by atoms with Crippen LogP contribution in [0.2, 0.25) is 0 Å². The lowest BCUT2D eigenvalue weighted by Gasteiger charge is -2.22. The monoisotopic (exact) mass is 461 g/mol. The summed E-state index contributed by atoms with van der Waals surface area (Å²) < 4.78 is 4.54. The Balaban J connectivity index is 0. The molecule has 0 saturated heterocycles. The largest absolute Gasteiger partial charge is 0.448 e. The number of carbonyl (C=O) groups excluding carboxylic acids is 3. The Labute approximate surface area is 193 Å².